The third-order valence-electron chi connectivity index (χ3n) is 3.52. The summed E-state index contributed by atoms with van der Waals surface area (Å²) in [6.45, 7) is 0. The standard InChI is InChI=1S/C13H14ClN3O2S/c1-17-8-15-13(12(17)14)20(18,19)16-11-7-6-9-4-2-3-5-10(9)11/h2-5,8,11,16H,6-7H2,1H3. The number of benzene rings is 1. The number of aromatic nitrogens is 2. The van der Waals surface area contributed by atoms with Gasteiger partial charge in [0.05, 0.1) is 6.33 Å². The van der Waals surface area contributed by atoms with Crippen LogP contribution in [0.1, 0.15) is 23.6 Å². The number of imidazole rings is 1. The van der Waals surface area contributed by atoms with Gasteiger partial charge in [0.2, 0.25) is 5.03 Å². The number of rotatable bonds is 3. The molecule has 1 aliphatic carbocycles. The van der Waals surface area contributed by atoms with Gasteiger partial charge in [-0.2, -0.15) is 0 Å². The zero-order valence-electron chi connectivity index (χ0n) is 10.9. The Bertz CT molecular complexity index is 755. The summed E-state index contributed by atoms with van der Waals surface area (Å²) >= 11 is 5.96. The summed E-state index contributed by atoms with van der Waals surface area (Å²) in [6.07, 6.45) is 3.02. The molecule has 0 spiro atoms. The lowest BCUT2D eigenvalue weighted by molar-refractivity contribution is 0.551. The lowest BCUT2D eigenvalue weighted by atomic mass is 10.1. The number of nitrogens with zero attached hydrogens (tertiary/aromatic N) is 2. The molecular weight excluding hydrogens is 298 g/mol. The first-order chi connectivity index (χ1) is 9.49. The fraction of sp³-hybridized carbons (Fsp3) is 0.308. The second-order valence-corrected chi connectivity index (χ2v) is 6.85. The molecule has 0 bridgehead atoms. The zero-order chi connectivity index (χ0) is 14.3. The Morgan fingerprint density at radius 2 is 2.15 bits per heavy atom. The van der Waals surface area contributed by atoms with Crippen molar-refractivity contribution in [2.75, 3.05) is 0 Å². The van der Waals surface area contributed by atoms with E-state index in [9.17, 15) is 8.42 Å². The van der Waals surface area contributed by atoms with Gasteiger partial charge in [0.1, 0.15) is 5.15 Å². The molecular formula is C13H14ClN3O2S. The number of aryl methyl sites for hydroxylation is 2. The molecule has 0 saturated heterocycles. The fourth-order valence-corrected chi connectivity index (χ4v) is 4.18. The highest BCUT2D eigenvalue weighted by molar-refractivity contribution is 7.89. The Labute approximate surface area is 122 Å². The smallest absolute Gasteiger partial charge is 0.261 e. The van der Waals surface area contributed by atoms with Gasteiger partial charge in [0.15, 0.2) is 0 Å². The van der Waals surface area contributed by atoms with E-state index in [0.717, 1.165) is 18.4 Å². The number of fused-ring (bicyclic) bond motifs is 1. The normalized spacial score (nSPS) is 18.2. The van der Waals surface area contributed by atoms with Gasteiger partial charge < -0.3 is 4.57 Å². The molecule has 1 aromatic heterocycles. The fourth-order valence-electron chi connectivity index (χ4n) is 2.50. The first-order valence-corrected chi connectivity index (χ1v) is 8.12. The molecule has 1 N–H and O–H groups in total. The van der Waals surface area contributed by atoms with Crippen LogP contribution in [0.3, 0.4) is 0 Å². The van der Waals surface area contributed by atoms with Crippen molar-refractivity contribution < 1.29 is 8.42 Å². The molecule has 1 heterocycles. The van der Waals surface area contributed by atoms with Crippen molar-refractivity contribution in [3.05, 3.63) is 46.9 Å². The van der Waals surface area contributed by atoms with E-state index < -0.39 is 10.0 Å². The zero-order valence-corrected chi connectivity index (χ0v) is 12.4. The number of hydrogen-bond acceptors (Lipinski definition) is 3. The van der Waals surface area contributed by atoms with Gasteiger partial charge >= 0.3 is 0 Å². The van der Waals surface area contributed by atoms with Crippen molar-refractivity contribution in [2.45, 2.75) is 23.9 Å². The minimum Gasteiger partial charge on any atom is -0.324 e. The number of halogens is 1. The van der Waals surface area contributed by atoms with Crippen LogP contribution in [0.5, 0.6) is 0 Å². The molecule has 1 aromatic carbocycles. The van der Waals surface area contributed by atoms with Gasteiger partial charge in [-0.1, -0.05) is 35.9 Å². The second-order valence-electron chi connectivity index (χ2n) is 4.86. The van der Waals surface area contributed by atoms with Crippen LogP contribution in [0.2, 0.25) is 5.15 Å². The minimum atomic E-state index is -3.71. The molecule has 0 amide bonds. The van der Waals surface area contributed by atoms with Crippen molar-refractivity contribution in [1.82, 2.24) is 14.3 Å². The lowest BCUT2D eigenvalue weighted by Gasteiger charge is -2.13. The molecule has 1 aliphatic rings. The van der Waals surface area contributed by atoms with Crippen LogP contribution in [0.25, 0.3) is 0 Å². The summed E-state index contributed by atoms with van der Waals surface area (Å²) in [6, 6.07) is 7.64. The third kappa shape index (κ3) is 2.24. The largest absolute Gasteiger partial charge is 0.324 e. The topological polar surface area (TPSA) is 64.0 Å². The highest BCUT2D eigenvalue weighted by Gasteiger charge is 2.30. The van der Waals surface area contributed by atoms with Crippen LogP contribution < -0.4 is 4.72 Å². The van der Waals surface area contributed by atoms with Crippen LogP contribution in [0.15, 0.2) is 35.6 Å². The van der Waals surface area contributed by atoms with Crippen LogP contribution in [0, 0.1) is 0 Å². The highest BCUT2D eigenvalue weighted by Crippen LogP contribution is 2.32. The summed E-state index contributed by atoms with van der Waals surface area (Å²) in [5, 5.41) is -0.00479. The second kappa shape index (κ2) is 4.87. The summed E-state index contributed by atoms with van der Waals surface area (Å²) < 4.78 is 28.9. The van der Waals surface area contributed by atoms with Crippen LogP contribution in [-0.4, -0.2) is 18.0 Å². The van der Waals surface area contributed by atoms with Crippen LogP contribution in [-0.2, 0) is 23.5 Å². The Morgan fingerprint density at radius 1 is 1.40 bits per heavy atom. The van der Waals surface area contributed by atoms with E-state index in [1.165, 1.54) is 16.5 Å². The molecule has 3 rings (SSSR count). The molecule has 1 unspecified atom stereocenters. The SMILES string of the molecule is Cn1cnc(S(=O)(=O)NC2CCc3ccccc32)c1Cl. The predicted octanol–water partition coefficient (Wildman–Crippen LogP) is 2.04. The maximum atomic E-state index is 12.4. The van der Waals surface area contributed by atoms with Crippen molar-refractivity contribution in [3.63, 3.8) is 0 Å². The molecule has 0 saturated carbocycles. The molecule has 20 heavy (non-hydrogen) atoms. The molecule has 0 aliphatic heterocycles. The average molecular weight is 312 g/mol. The lowest BCUT2D eigenvalue weighted by Crippen LogP contribution is -2.28. The number of nitrogens with one attached hydrogen (secondary N) is 1. The van der Waals surface area contributed by atoms with Gasteiger partial charge in [0, 0.05) is 13.1 Å². The van der Waals surface area contributed by atoms with Gasteiger partial charge in [-0.3, -0.25) is 0 Å². The Morgan fingerprint density at radius 3 is 2.85 bits per heavy atom. The Balaban J connectivity index is 1.91. The van der Waals surface area contributed by atoms with E-state index in [0.29, 0.717) is 0 Å². The van der Waals surface area contributed by atoms with Crippen LogP contribution >= 0.6 is 11.6 Å². The number of hydrogen-bond donors (Lipinski definition) is 1. The van der Waals surface area contributed by atoms with Crippen molar-refractivity contribution in [2.24, 2.45) is 7.05 Å². The summed E-state index contributed by atoms with van der Waals surface area (Å²) in [5.74, 6) is 0. The maximum Gasteiger partial charge on any atom is 0.261 e. The average Bonchev–Trinajstić information content (AvgIpc) is 2.96. The quantitative estimate of drug-likeness (QED) is 0.943. The molecule has 1 atom stereocenters. The van der Waals surface area contributed by atoms with Gasteiger partial charge in [-0.05, 0) is 24.0 Å². The van der Waals surface area contributed by atoms with Gasteiger partial charge in [0.25, 0.3) is 10.0 Å². The van der Waals surface area contributed by atoms with Crippen molar-refractivity contribution >= 4 is 21.6 Å². The van der Waals surface area contributed by atoms with E-state index in [4.69, 9.17) is 11.6 Å². The summed E-state index contributed by atoms with van der Waals surface area (Å²) in [5.41, 5.74) is 2.22. The van der Waals surface area contributed by atoms with E-state index in [2.05, 4.69) is 9.71 Å². The predicted molar refractivity (Wildman–Crippen MR) is 76.0 cm³/mol. The maximum absolute atomic E-state index is 12.4. The summed E-state index contributed by atoms with van der Waals surface area (Å²) in [7, 11) is -2.06. The van der Waals surface area contributed by atoms with Crippen LogP contribution in [0.4, 0.5) is 0 Å². The van der Waals surface area contributed by atoms with Crippen molar-refractivity contribution in [1.29, 1.82) is 0 Å². The minimum absolute atomic E-state index is 0.115. The molecule has 106 valence electrons. The van der Waals surface area contributed by atoms with E-state index in [-0.39, 0.29) is 16.2 Å². The first-order valence-electron chi connectivity index (χ1n) is 6.26. The van der Waals surface area contributed by atoms with E-state index in [1.807, 2.05) is 24.3 Å². The van der Waals surface area contributed by atoms with E-state index >= 15 is 0 Å². The summed E-state index contributed by atoms with van der Waals surface area (Å²) in [4.78, 5) is 3.87. The number of sulfonamides is 1. The molecule has 5 nitrogen and oxygen atoms in total. The molecule has 7 heteroatoms. The molecule has 0 radical (unpaired) electrons. The first kappa shape index (κ1) is 13.6. The van der Waals surface area contributed by atoms with Crippen molar-refractivity contribution in [3.8, 4) is 0 Å². The Hall–Kier alpha value is -1.37. The highest BCUT2D eigenvalue weighted by atomic mass is 35.5. The van der Waals surface area contributed by atoms with E-state index in [1.54, 1.807) is 7.05 Å². The Kier molecular flexibility index (Phi) is 3.32. The third-order valence-corrected chi connectivity index (χ3v) is 5.48. The molecule has 0 fully saturated rings. The van der Waals surface area contributed by atoms with Gasteiger partial charge in [-0.25, -0.2) is 18.1 Å². The molecule has 2 aromatic rings. The monoisotopic (exact) mass is 311 g/mol. The van der Waals surface area contributed by atoms with Gasteiger partial charge in [-0.15, -0.1) is 0 Å².